The van der Waals surface area contributed by atoms with E-state index >= 15 is 0 Å². The Morgan fingerprint density at radius 1 is 1.25 bits per heavy atom. The first kappa shape index (κ1) is 13.3. The summed E-state index contributed by atoms with van der Waals surface area (Å²) < 4.78 is 4.26. The van der Waals surface area contributed by atoms with E-state index in [4.69, 9.17) is 5.41 Å². The van der Waals surface area contributed by atoms with Gasteiger partial charge in [0.2, 0.25) is 5.62 Å². The minimum absolute atomic E-state index is 0.117. The molecule has 0 bridgehead atoms. The van der Waals surface area contributed by atoms with Crippen LogP contribution in [-0.2, 0) is 13.6 Å². The third kappa shape index (κ3) is 2.14. The van der Waals surface area contributed by atoms with Gasteiger partial charge in [0.25, 0.3) is 5.56 Å². The lowest BCUT2D eigenvalue weighted by atomic mass is 10.2. The lowest BCUT2D eigenvalue weighted by Gasteiger charge is -2.11. The van der Waals surface area contributed by atoms with Crippen LogP contribution in [0.4, 0.5) is 0 Å². The molecule has 0 aliphatic heterocycles. The molecule has 3 rings (SSSR count). The number of aromatic nitrogens is 2. The van der Waals surface area contributed by atoms with Crippen molar-refractivity contribution in [3.05, 3.63) is 61.0 Å². The second kappa shape index (κ2) is 5.03. The van der Waals surface area contributed by atoms with Crippen molar-refractivity contribution in [2.24, 2.45) is 7.05 Å². The van der Waals surface area contributed by atoms with Crippen LogP contribution in [0.25, 0.3) is 10.9 Å². The highest BCUT2D eigenvalue weighted by molar-refractivity contribution is 9.11. The summed E-state index contributed by atoms with van der Waals surface area (Å²) in [7, 11) is 1.81. The summed E-state index contributed by atoms with van der Waals surface area (Å²) in [5.74, 6) is 0. The Morgan fingerprint density at radius 3 is 2.70 bits per heavy atom. The Bertz CT molecular complexity index is 907. The molecule has 0 unspecified atom stereocenters. The van der Waals surface area contributed by atoms with Gasteiger partial charge in [-0.25, -0.2) is 0 Å². The zero-order chi connectivity index (χ0) is 14.3. The first-order chi connectivity index (χ1) is 9.58. The normalized spacial score (nSPS) is 11.1. The van der Waals surface area contributed by atoms with Crippen molar-refractivity contribution >= 4 is 38.2 Å². The maximum absolute atomic E-state index is 12.5. The van der Waals surface area contributed by atoms with E-state index < -0.39 is 0 Å². The SMILES string of the molecule is Cn1c(=N)n(Cc2ccc(Br)s2)c(=O)c2ccccc21. The molecule has 2 aromatic heterocycles. The molecule has 0 aliphatic rings. The molecule has 0 atom stereocenters. The molecule has 3 aromatic rings. The molecule has 0 saturated heterocycles. The number of halogens is 1. The molecule has 0 spiro atoms. The smallest absolute Gasteiger partial charge is 0.263 e. The molecule has 6 heteroatoms. The average molecular weight is 350 g/mol. The molecule has 2 heterocycles. The molecule has 0 radical (unpaired) electrons. The van der Waals surface area contributed by atoms with Gasteiger partial charge in [-0.1, -0.05) is 12.1 Å². The fourth-order valence-electron chi connectivity index (χ4n) is 2.22. The largest absolute Gasteiger partial charge is 0.315 e. The minimum Gasteiger partial charge on any atom is -0.315 e. The molecule has 20 heavy (non-hydrogen) atoms. The highest BCUT2D eigenvalue weighted by Crippen LogP contribution is 2.22. The van der Waals surface area contributed by atoms with Crippen molar-refractivity contribution in [1.29, 1.82) is 5.41 Å². The van der Waals surface area contributed by atoms with E-state index in [0.29, 0.717) is 11.9 Å². The molecule has 102 valence electrons. The molecular formula is C14H12BrN3OS. The first-order valence-electron chi connectivity index (χ1n) is 6.05. The van der Waals surface area contributed by atoms with Crippen molar-refractivity contribution < 1.29 is 0 Å². The summed E-state index contributed by atoms with van der Waals surface area (Å²) in [5.41, 5.74) is 0.873. The van der Waals surface area contributed by atoms with Crippen LogP contribution in [-0.4, -0.2) is 9.13 Å². The van der Waals surface area contributed by atoms with Crippen LogP contribution in [0.3, 0.4) is 0 Å². The monoisotopic (exact) mass is 349 g/mol. The third-order valence-electron chi connectivity index (χ3n) is 3.26. The standard InChI is InChI=1S/C14H12BrN3OS/c1-17-11-5-3-2-4-10(11)13(19)18(14(17)16)8-9-6-7-12(15)20-9/h2-7,16H,8H2,1H3. The summed E-state index contributed by atoms with van der Waals surface area (Å²) in [6.45, 7) is 0.423. The van der Waals surface area contributed by atoms with Gasteiger partial charge in [0.15, 0.2) is 0 Å². The van der Waals surface area contributed by atoms with Gasteiger partial charge in [0.1, 0.15) is 0 Å². The molecular weight excluding hydrogens is 338 g/mol. The molecule has 1 aromatic carbocycles. The number of thiophene rings is 1. The fraction of sp³-hybridized carbons (Fsp3) is 0.143. The van der Waals surface area contributed by atoms with Crippen molar-refractivity contribution in [1.82, 2.24) is 9.13 Å². The van der Waals surface area contributed by atoms with Crippen molar-refractivity contribution in [3.63, 3.8) is 0 Å². The van der Waals surface area contributed by atoms with Gasteiger partial charge in [-0.2, -0.15) is 0 Å². The second-order valence-corrected chi connectivity index (χ2v) is 7.04. The van der Waals surface area contributed by atoms with Crippen LogP contribution in [0, 0.1) is 5.41 Å². The van der Waals surface area contributed by atoms with Crippen LogP contribution < -0.4 is 11.2 Å². The van der Waals surface area contributed by atoms with Gasteiger partial charge in [0, 0.05) is 11.9 Å². The van der Waals surface area contributed by atoms with Gasteiger partial charge in [0.05, 0.1) is 21.2 Å². The number of aryl methyl sites for hydroxylation is 1. The zero-order valence-corrected chi connectivity index (χ0v) is 13.2. The Morgan fingerprint density at radius 2 is 2.00 bits per heavy atom. The highest BCUT2D eigenvalue weighted by atomic mass is 79.9. The topological polar surface area (TPSA) is 50.8 Å². The zero-order valence-electron chi connectivity index (χ0n) is 10.8. The first-order valence-corrected chi connectivity index (χ1v) is 7.66. The average Bonchev–Trinajstić information content (AvgIpc) is 2.86. The predicted octanol–water partition coefficient (Wildman–Crippen LogP) is 2.69. The van der Waals surface area contributed by atoms with E-state index in [1.165, 1.54) is 4.57 Å². The van der Waals surface area contributed by atoms with Crippen molar-refractivity contribution in [3.8, 4) is 0 Å². The summed E-state index contributed by atoms with van der Waals surface area (Å²) >= 11 is 4.99. The molecule has 0 aliphatic carbocycles. The molecule has 0 fully saturated rings. The van der Waals surface area contributed by atoms with Crippen LogP contribution >= 0.6 is 27.3 Å². The quantitative estimate of drug-likeness (QED) is 0.759. The van der Waals surface area contributed by atoms with Crippen LogP contribution in [0.1, 0.15) is 4.88 Å². The number of hydrogen-bond donors (Lipinski definition) is 1. The van der Waals surface area contributed by atoms with E-state index in [0.717, 1.165) is 14.2 Å². The number of nitrogens with zero attached hydrogens (tertiary/aromatic N) is 2. The number of rotatable bonds is 2. The number of nitrogens with one attached hydrogen (secondary N) is 1. The number of hydrogen-bond acceptors (Lipinski definition) is 3. The number of benzene rings is 1. The van der Waals surface area contributed by atoms with Gasteiger partial charge in [-0.15, -0.1) is 11.3 Å². The summed E-state index contributed by atoms with van der Waals surface area (Å²) in [4.78, 5) is 13.6. The van der Waals surface area contributed by atoms with Gasteiger partial charge in [-0.05, 0) is 40.2 Å². The summed E-state index contributed by atoms with van der Waals surface area (Å²) in [5, 5.41) is 8.83. The van der Waals surface area contributed by atoms with Crippen LogP contribution in [0.5, 0.6) is 0 Å². The Kier molecular flexibility index (Phi) is 3.35. The maximum Gasteiger partial charge on any atom is 0.263 e. The van der Waals surface area contributed by atoms with E-state index in [1.54, 1.807) is 22.0 Å². The van der Waals surface area contributed by atoms with Gasteiger partial charge in [-0.3, -0.25) is 14.8 Å². The summed E-state index contributed by atoms with van der Waals surface area (Å²) in [6, 6.07) is 11.3. The van der Waals surface area contributed by atoms with Gasteiger partial charge >= 0.3 is 0 Å². The minimum atomic E-state index is -0.117. The molecule has 0 saturated carbocycles. The van der Waals surface area contributed by atoms with Gasteiger partial charge < -0.3 is 4.57 Å². The van der Waals surface area contributed by atoms with Crippen molar-refractivity contribution in [2.75, 3.05) is 0 Å². The van der Waals surface area contributed by atoms with E-state index in [-0.39, 0.29) is 11.2 Å². The van der Waals surface area contributed by atoms with Crippen molar-refractivity contribution in [2.45, 2.75) is 6.54 Å². The van der Waals surface area contributed by atoms with E-state index in [9.17, 15) is 4.79 Å². The molecule has 4 nitrogen and oxygen atoms in total. The Labute approximate surface area is 127 Å². The molecule has 1 N–H and O–H groups in total. The summed E-state index contributed by atoms with van der Waals surface area (Å²) in [6.07, 6.45) is 0. The number of para-hydroxylation sites is 1. The predicted molar refractivity (Wildman–Crippen MR) is 84.2 cm³/mol. The number of fused-ring (bicyclic) bond motifs is 1. The third-order valence-corrected chi connectivity index (χ3v) is 4.87. The van der Waals surface area contributed by atoms with E-state index in [1.807, 2.05) is 37.4 Å². The Hall–Kier alpha value is -1.66. The fourth-order valence-corrected chi connectivity index (χ4v) is 3.70. The highest BCUT2D eigenvalue weighted by Gasteiger charge is 2.09. The van der Waals surface area contributed by atoms with Crippen LogP contribution in [0.2, 0.25) is 0 Å². The second-order valence-electron chi connectivity index (χ2n) is 4.50. The lowest BCUT2D eigenvalue weighted by molar-refractivity contribution is 0.632. The Balaban J connectivity index is 2.26. The maximum atomic E-state index is 12.5. The van der Waals surface area contributed by atoms with Crippen LogP contribution in [0.15, 0.2) is 45.0 Å². The van der Waals surface area contributed by atoms with E-state index in [2.05, 4.69) is 15.9 Å². The lowest BCUT2D eigenvalue weighted by Crippen LogP contribution is -2.39. The molecule has 0 amide bonds.